The number of aromatic nitrogens is 3. The van der Waals surface area contributed by atoms with Gasteiger partial charge in [-0.2, -0.15) is 5.10 Å². The first-order valence-corrected chi connectivity index (χ1v) is 7.57. The van der Waals surface area contributed by atoms with Gasteiger partial charge in [-0.1, -0.05) is 0 Å². The molecule has 6 heteroatoms. The Bertz CT molecular complexity index is 540. The van der Waals surface area contributed by atoms with Gasteiger partial charge in [0.1, 0.15) is 12.4 Å². The lowest BCUT2D eigenvalue weighted by Gasteiger charge is -2.40. The molecule has 1 saturated carbocycles. The molecule has 1 amide bonds. The van der Waals surface area contributed by atoms with Crippen LogP contribution in [0.25, 0.3) is 0 Å². The van der Waals surface area contributed by atoms with E-state index in [0.717, 1.165) is 44.0 Å². The largest absolute Gasteiger partial charge is 0.349 e. The fourth-order valence-corrected chi connectivity index (χ4v) is 3.33. The molecule has 20 heavy (non-hydrogen) atoms. The van der Waals surface area contributed by atoms with Crippen LogP contribution in [-0.2, 0) is 17.8 Å². The number of rotatable bonds is 1. The summed E-state index contributed by atoms with van der Waals surface area (Å²) in [7, 11) is 2.14. The van der Waals surface area contributed by atoms with E-state index < -0.39 is 0 Å². The first kappa shape index (κ1) is 12.3. The fraction of sp³-hybridized carbons (Fsp3) is 0.786. The lowest BCUT2D eigenvalue weighted by atomic mass is 9.84. The summed E-state index contributed by atoms with van der Waals surface area (Å²) >= 11 is 0. The van der Waals surface area contributed by atoms with Gasteiger partial charge in [-0.25, -0.2) is 9.67 Å². The average molecular weight is 275 g/mol. The molecule has 1 aromatic rings. The summed E-state index contributed by atoms with van der Waals surface area (Å²) in [5, 5.41) is 7.80. The van der Waals surface area contributed by atoms with Gasteiger partial charge in [-0.05, 0) is 32.7 Å². The molecule has 2 aliphatic heterocycles. The summed E-state index contributed by atoms with van der Waals surface area (Å²) in [5.74, 6) is 2.58. The molecule has 4 rings (SSSR count). The van der Waals surface area contributed by atoms with Crippen molar-refractivity contribution in [2.45, 2.75) is 50.1 Å². The van der Waals surface area contributed by atoms with E-state index in [4.69, 9.17) is 4.98 Å². The summed E-state index contributed by atoms with van der Waals surface area (Å²) in [6, 6.07) is 0. The van der Waals surface area contributed by atoms with Crippen LogP contribution in [0.15, 0.2) is 0 Å². The maximum absolute atomic E-state index is 12.2. The van der Waals surface area contributed by atoms with Gasteiger partial charge in [-0.3, -0.25) is 4.79 Å². The van der Waals surface area contributed by atoms with Crippen molar-refractivity contribution in [3.8, 4) is 0 Å². The second kappa shape index (κ2) is 4.28. The van der Waals surface area contributed by atoms with E-state index in [2.05, 4.69) is 22.4 Å². The number of piperidine rings is 1. The minimum absolute atomic E-state index is 0.0838. The zero-order valence-electron chi connectivity index (χ0n) is 11.9. The fourth-order valence-electron chi connectivity index (χ4n) is 3.33. The van der Waals surface area contributed by atoms with Crippen LogP contribution in [0.3, 0.4) is 0 Å². The maximum atomic E-state index is 12.2. The minimum Gasteiger partial charge on any atom is -0.349 e. The highest BCUT2D eigenvalue weighted by Crippen LogP contribution is 2.38. The topological polar surface area (TPSA) is 63.1 Å². The molecule has 1 saturated heterocycles. The van der Waals surface area contributed by atoms with Gasteiger partial charge in [0.15, 0.2) is 5.82 Å². The molecule has 1 aromatic heterocycles. The predicted octanol–water partition coefficient (Wildman–Crippen LogP) is 0.292. The third-order valence-corrected chi connectivity index (χ3v) is 4.85. The van der Waals surface area contributed by atoms with Gasteiger partial charge >= 0.3 is 0 Å². The molecule has 0 radical (unpaired) electrons. The van der Waals surface area contributed by atoms with Gasteiger partial charge in [0.2, 0.25) is 5.91 Å². The molecule has 3 aliphatic rings. The number of hydrogen-bond donors (Lipinski definition) is 1. The highest BCUT2D eigenvalue weighted by atomic mass is 16.2. The minimum atomic E-state index is -0.105. The van der Waals surface area contributed by atoms with Crippen LogP contribution in [0, 0.1) is 0 Å². The molecule has 0 unspecified atom stereocenters. The summed E-state index contributed by atoms with van der Waals surface area (Å²) in [5.41, 5.74) is -0.105. The van der Waals surface area contributed by atoms with Crippen molar-refractivity contribution >= 4 is 5.91 Å². The van der Waals surface area contributed by atoms with E-state index in [1.165, 1.54) is 12.8 Å². The molecule has 0 atom stereocenters. The normalized spacial score (nSPS) is 26.1. The molecular weight excluding hydrogens is 254 g/mol. The summed E-state index contributed by atoms with van der Waals surface area (Å²) < 4.78 is 1.83. The monoisotopic (exact) mass is 275 g/mol. The van der Waals surface area contributed by atoms with Crippen molar-refractivity contribution in [1.29, 1.82) is 0 Å². The van der Waals surface area contributed by atoms with E-state index in [1.54, 1.807) is 0 Å². The van der Waals surface area contributed by atoms with Crippen LogP contribution in [0.2, 0.25) is 0 Å². The maximum Gasteiger partial charge on any atom is 0.242 e. The first-order chi connectivity index (χ1) is 9.63. The van der Waals surface area contributed by atoms with Crippen molar-refractivity contribution in [2.75, 3.05) is 20.1 Å². The smallest absolute Gasteiger partial charge is 0.242 e. The highest BCUT2D eigenvalue weighted by molar-refractivity contribution is 5.77. The zero-order valence-corrected chi connectivity index (χ0v) is 11.9. The predicted molar refractivity (Wildman–Crippen MR) is 73.3 cm³/mol. The van der Waals surface area contributed by atoms with Gasteiger partial charge in [0, 0.05) is 31.0 Å². The van der Waals surface area contributed by atoms with Crippen molar-refractivity contribution in [1.82, 2.24) is 25.0 Å². The van der Waals surface area contributed by atoms with Crippen LogP contribution in [0.1, 0.15) is 43.3 Å². The molecule has 0 aromatic carbocycles. The Morgan fingerprint density at radius 1 is 1.30 bits per heavy atom. The van der Waals surface area contributed by atoms with Gasteiger partial charge < -0.3 is 10.2 Å². The molecule has 3 heterocycles. The van der Waals surface area contributed by atoms with Crippen molar-refractivity contribution in [3.05, 3.63) is 11.6 Å². The average Bonchev–Trinajstić information content (AvgIpc) is 3.20. The van der Waals surface area contributed by atoms with Crippen LogP contribution >= 0.6 is 0 Å². The Morgan fingerprint density at radius 3 is 2.75 bits per heavy atom. The number of hydrogen-bond acceptors (Lipinski definition) is 4. The summed E-state index contributed by atoms with van der Waals surface area (Å²) in [6.07, 6.45) is 5.23. The molecule has 2 fully saturated rings. The van der Waals surface area contributed by atoms with Gasteiger partial charge in [0.05, 0.1) is 0 Å². The van der Waals surface area contributed by atoms with Crippen molar-refractivity contribution in [3.63, 3.8) is 0 Å². The second-order valence-electron chi connectivity index (χ2n) is 6.63. The Kier molecular flexibility index (Phi) is 2.64. The Balaban J connectivity index is 1.64. The van der Waals surface area contributed by atoms with Crippen LogP contribution in [-0.4, -0.2) is 51.2 Å². The lowest BCUT2D eigenvalue weighted by Crippen LogP contribution is -2.55. The highest BCUT2D eigenvalue weighted by Gasteiger charge is 2.40. The Hall–Kier alpha value is -1.43. The third-order valence-electron chi connectivity index (χ3n) is 4.85. The zero-order chi connectivity index (χ0) is 13.7. The molecule has 6 nitrogen and oxygen atoms in total. The van der Waals surface area contributed by atoms with Crippen LogP contribution in [0.5, 0.6) is 0 Å². The molecule has 1 N–H and O–H groups in total. The SMILES string of the molecule is CN1CCC2(CC1)Cc1nc(C3CC3)nn1CC(=O)N2. The standard InChI is InChI=1S/C14H21N5O/c1-18-6-4-14(5-7-18)8-11-15-13(10-2-3-10)17-19(11)9-12(20)16-14/h10H,2-9H2,1H3,(H,16,20). The van der Waals surface area contributed by atoms with E-state index in [1.807, 2.05) is 4.68 Å². The van der Waals surface area contributed by atoms with Crippen molar-refractivity contribution < 1.29 is 4.79 Å². The van der Waals surface area contributed by atoms with Crippen LogP contribution in [0.4, 0.5) is 0 Å². The Labute approximate surface area is 118 Å². The number of likely N-dealkylation sites (tertiary alicyclic amines) is 1. The van der Waals surface area contributed by atoms with E-state index >= 15 is 0 Å². The Morgan fingerprint density at radius 2 is 2.05 bits per heavy atom. The number of nitrogens with zero attached hydrogens (tertiary/aromatic N) is 4. The van der Waals surface area contributed by atoms with Gasteiger partial charge in [0.25, 0.3) is 0 Å². The van der Waals surface area contributed by atoms with Crippen molar-refractivity contribution in [2.24, 2.45) is 0 Å². The van der Waals surface area contributed by atoms with E-state index in [9.17, 15) is 4.79 Å². The molecule has 0 bridgehead atoms. The molecule has 1 aliphatic carbocycles. The van der Waals surface area contributed by atoms with Gasteiger partial charge in [-0.15, -0.1) is 0 Å². The number of carbonyl (C=O) groups is 1. The summed E-state index contributed by atoms with van der Waals surface area (Å²) in [6.45, 7) is 2.39. The number of nitrogens with one attached hydrogen (secondary N) is 1. The quantitative estimate of drug-likeness (QED) is 0.800. The number of carbonyl (C=O) groups excluding carboxylic acids is 1. The molecule has 108 valence electrons. The lowest BCUT2D eigenvalue weighted by molar-refractivity contribution is -0.123. The summed E-state index contributed by atoms with van der Waals surface area (Å²) in [4.78, 5) is 19.2. The molecule has 1 spiro atoms. The molecular formula is C14H21N5O. The number of amides is 1. The second-order valence-corrected chi connectivity index (χ2v) is 6.63. The van der Waals surface area contributed by atoms with E-state index in [0.29, 0.717) is 12.5 Å². The number of fused-ring (bicyclic) bond motifs is 1. The third kappa shape index (κ3) is 2.12. The van der Waals surface area contributed by atoms with E-state index in [-0.39, 0.29) is 11.4 Å². The first-order valence-electron chi connectivity index (χ1n) is 7.57. The van der Waals surface area contributed by atoms with Crippen LogP contribution < -0.4 is 5.32 Å².